The Morgan fingerprint density at radius 1 is 1.27 bits per heavy atom. The number of rotatable bonds is 6. The quantitative estimate of drug-likeness (QED) is 0.782. The molecule has 0 saturated carbocycles. The second-order valence-electron chi connectivity index (χ2n) is 3.39. The molecule has 0 heterocycles. The molecule has 0 aromatic heterocycles. The molecule has 1 aromatic rings. The van der Waals surface area contributed by atoms with Crippen LogP contribution in [-0.2, 0) is 0 Å². The van der Waals surface area contributed by atoms with E-state index in [1.54, 1.807) is 6.92 Å². The van der Waals surface area contributed by atoms with Gasteiger partial charge in [-0.05, 0) is 26.0 Å². The van der Waals surface area contributed by atoms with Crippen molar-refractivity contribution in [1.82, 2.24) is 0 Å². The lowest BCUT2D eigenvalue weighted by Gasteiger charge is -2.09. The Morgan fingerprint density at radius 3 is 2.53 bits per heavy atom. The zero-order valence-electron chi connectivity index (χ0n) is 9.27. The van der Waals surface area contributed by atoms with E-state index in [-0.39, 0.29) is 6.10 Å². The van der Waals surface area contributed by atoms with Gasteiger partial charge in [-0.25, -0.2) is 0 Å². The van der Waals surface area contributed by atoms with Gasteiger partial charge in [-0.1, -0.05) is 6.07 Å². The van der Waals surface area contributed by atoms with Crippen molar-refractivity contribution >= 4 is 0 Å². The van der Waals surface area contributed by atoms with Gasteiger partial charge in [0.1, 0.15) is 11.5 Å². The van der Waals surface area contributed by atoms with E-state index in [9.17, 15) is 0 Å². The number of hydrogen-bond acceptors (Lipinski definition) is 3. The van der Waals surface area contributed by atoms with Gasteiger partial charge < -0.3 is 14.6 Å². The first kappa shape index (κ1) is 11.9. The molecule has 0 radical (unpaired) electrons. The van der Waals surface area contributed by atoms with Crippen LogP contribution in [0.1, 0.15) is 20.3 Å². The summed E-state index contributed by atoms with van der Waals surface area (Å²) in [6.07, 6.45) is 0.318. The first-order chi connectivity index (χ1) is 7.22. The van der Waals surface area contributed by atoms with E-state index in [1.165, 1.54) is 0 Å². The maximum atomic E-state index is 9.06. The second-order valence-corrected chi connectivity index (χ2v) is 3.39. The normalized spacial score (nSPS) is 12.2. The Bertz CT molecular complexity index is 284. The van der Waals surface area contributed by atoms with Crippen LogP contribution in [0.5, 0.6) is 11.5 Å². The predicted molar refractivity (Wildman–Crippen MR) is 59.4 cm³/mol. The first-order valence-corrected chi connectivity index (χ1v) is 5.26. The van der Waals surface area contributed by atoms with Crippen molar-refractivity contribution in [3.63, 3.8) is 0 Å². The third-order valence-corrected chi connectivity index (χ3v) is 1.92. The highest BCUT2D eigenvalue weighted by molar-refractivity contribution is 5.32. The minimum Gasteiger partial charge on any atom is -0.494 e. The van der Waals surface area contributed by atoms with Crippen LogP contribution in [0.4, 0.5) is 0 Å². The summed E-state index contributed by atoms with van der Waals surface area (Å²) in [4.78, 5) is 0. The lowest BCUT2D eigenvalue weighted by atomic mass is 10.3. The molecule has 0 bridgehead atoms. The van der Waals surface area contributed by atoms with E-state index >= 15 is 0 Å². The van der Waals surface area contributed by atoms with Crippen molar-refractivity contribution in [2.45, 2.75) is 26.4 Å². The topological polar surface area (TPSA) is 38.7 Å². The lowest BCUT2D eigenvalue weighted by molar-refractivity contribution is 0.155. The van der Waals surface area contributed by atoms with Gasteiger partial charge in [0.15, 0.2) is 0 Å². The van der Waals surface area contributed by atoms with E-state index in [4.69, 9.17) is 14.6 Å². The third kappa shape index (κ3) is 4.70. The van der Waals surface area contributed by atoms with Gasteiger partial charge >= 0.3 is 0 Å². The molecule has 3 heteroatoms. The number of benzene rings is 1. The molecule has 0 aliphatic heterocycles. The standard InChI is InChI=1S/C12H18O3/c1-3-14-11-5-4-6-12(9-11)15-8-7-10(2)13/h4-6,9-10,13H,3,7-8H2,1-2H3. The molecule has 1 atom stereocenters. The van der Waals surface area contributed by atoms with Crippen LogP contribution in [0.15, 0.2) is 24.3 Å². The summed E-state index contributed by atoms with van der Waals surface area (Å²) in [5.74, 6) is 1.59. The van der Waals surface area contributed by atoms with Crippen molar-refractivity contribution in [2.75, 3.05) is 13.2 Å². The molecule has 0 aliphatic rings. The fourth-order valence-electron chi connectivity index (χ4n) is 1.17. The van der Waals surface area contributed by atoms with E-state index in [0.717, 1.165) is 11.5 Å². The molecule has 1 aromatic carbocycles. The number of aliphatic hydroxyl groups is 1. The van der Waals surface area contributed by atoms with Gasteiger partial charge in [-0.2, -0.15) is 0 Å². The smallest absolute Gasteiger partial charge is 0.122 e. The van der Waals surface area contributed by atoms with Gasteiger partial charge in [0.05, 0.1) is 19.3 Å². The Hall–Kier alpha value is -1.22. The second kappa shape index (κ2) is 6.30. The van der Waals surface area contributed by atoms with Crippen molar-refractivity contribution < 1.29 is 14.6 Å². The van der Waals surface area contributed by atoms with Gasteiger partial charge in [0, 0.05) is 12.5 Å². The molecule has 3 nitrogen and oxygen atoms in total. The van der Waals surface area contributed by atoms with Crippen LogP contribution < -0.4 is 9.47 Å². The van der Waals surface area contributed by atoms with Gasteiger partial charge in [-0.15, -0.1) is 0 Å². The molecule has 0 spiro atoms. The van der Waals surface area contributed by atoms with E-state index < -0.39 is 0 Å². The molecular formula is C12H18O3. The number of hydrogen-bond donors (Lipinski definition) is 1. The number of ether oxygens (including phenoxy) is 2. The minimum atomic E-state index is -0.319. The van der Waals surface area contributed by atoms with Gasteiger partial charge in [0.2, 0.25) is 0 Å². The van der Waals surface area contributed by atoms with Crippen LogP contribution in [0.2, 0.25) is 0 Å². The lowest BCUT2D eigenvalue weighted by Crippen LogP contribution is -2.07. The summed E-state index contributed by atoms with van der Waals surface area (Å²) in [6.45, 7) is 4.87. The molecule has 0 amide bonds. The summed E-state index contributed by atoms with van der Waals surface area (Å²) in [5, 5.41) is 9.06. The average Bonchev–Trinajstić information content (AvgIpc) is 2.18. The highest BCUT2D eigenvalue weighted by Crippen LogP contribution is 2.19. The molecule has 1 unspecified atom stereocenters. The zero-order valence-corrected chi connectivity index (χ0v) is 9.27. The van der Waals surface area contributed by atoms with Crippen molar-refractivity contribution in [3.05, 3.63) is 24.3 Å². The predicted octanol–water partition coefficient (Wildman–Crippen LogP) is 2.24. The van der Waals surface area contributed by atoms with Gasteiger partial charge in [-0.3, -0.25) is 0 Å². The molecule has 1 N–H and O–H groups in total. The summed E-state index contributed by atoms with van der Waals surface area (Å²) < 4.78 is 10.8. The SMILES string of the molecule is CCOc1cccc(OCCC(C)O)c1. The maximum Gasteiger partial charge on any atom is 0.122 e. The Morgan fingerprint density at radius 2 is 1.93 bits per heavy atom. The maximum absolute atomic E-state index is 9.06. The van der Waals surface area contributed by atoms with Crippen LogP contribution >= 0.6 is 0 Å². The van der Waals surface area contributed by atoms with E-state index in [2.05, 4.69) is 0 Å². The Labute approximate surface area is 90.6 Å². The molecule has 0 fully saturated rings. The molecule has 0 aliphatic carbocycles. The van der Waals surface area contributed by atoms with Crippen LogP contribution in [0, 0.1) is 0 Å². The van der Waals surface area contributed by atoms with Crippen LogP contribution in [0.25, 0.3) is 0 Å². The largest absolute Gasteiger partial charge is 0.494 e. The summed E-state index contributed by atoms with van der Waals surface area (Å²) >= 11 is 0. The Kier molecular flexibility index (Phi) is 4.98. The van der Waals surface area contributed by atoms with E-state index in [1.807, 2.05) is 31.2 Å². The first-order valence-electron chi connectivity index (χ1n) is 5.26. The van der Waals surface area contributed by atoms with Crippen LogP contribution in [-0.4, -0.2) is 24.4 Å². The summed E-state index contributed by atoms with van der Waals surface area (Å²) in [5.41, 5.74) is 0. The highest BCUT2D eigenvalue weighted by atomic mass is 16.5. The summed E-state index contributed by atoms with van der Waals surface area (Å²) in [6, 6.07) is 7.52. The number of aliphatic hydroxyl groups excluding tert-OH is 1. The monoisotopic (exact) mass is 210 g/mol. The molecular weight excluding hydrogens is 192 g/mol. The van der Waals surface area contributed by atoms with E-state index in [0.29, 0.717) is 19.6 Å². The van der Waals surface area contributed by atoms with Crippen molar-refractivity contribution in [2.24, 2.45) is 0 Å². The molecule has 15 heavy (non-hydrogen) atoms. The highest BCUT2D eigenvalue weighted by Gasteiger charge is 1.99. The van der Waals surface area contributed by atoms with Crippen LogP contribution in [0.3, 0.4) is 0 Å². The molecule has 1 rings (SSSR count). The summed E-state index contributed by atoms with van der Waals surface area (Å²) in [7, 11) is 0. The third-order valence-electron chi connectivity index (χ3n) is 1.92. The van der Waals surface area contributed by atoms with Gasteiger partial charge in [0.25, 0.3) is 0 Å². The van der Waals surface area contributed by atoms with Crippen molar-refractivity contribution in [3.8, 4) is 11.5 Å². The molecule has 84 valence electrons. The fraction of sp³-hybridized carbons (Fsp3) is 0.500. The Balaban J connectivity index is 2.43. The van der Waals surface area contributed by atoms with Crippen molar-refractivity contribution in [1.29, 1.82) is 0 Å². The average molecular weight is 210 g/mol. The fourth-order valence-corrected chi connectivity index (χ4v) is 1.17. The minimum absolute atomic E-state index is 0.319. The molecule has 0 saturated heterocycles. The zero-order chi connectivity index (χ0) is 11.1.